The molecule has 0 radical (unpaired) electrons. The van der Waals surface area contributed by atoms with Gasteiger partial charge in [-0.05, 0) is 56.7 Å². The molecule has 0 saturated heterocycles. The van der Waals surface area contributed by atoms with Crippen molar-refractivity contribution in [2.24, 2.45) is 10.5 Å². The maximum absolute atomic E-state index is 12.2. The van der Waals surface area contributed by atoms with E-state index >= 15 is 0 Å². The molecule has 0 saturated carbocycles. The van der Waals surface area contributed by atoms with E-state index in [4.69, 9.17) is 9.47 Å². The van der Waals surface area contributed by atoms with E-state index in [1.165, 1.54) is 5.12 Å². The van der Waals surface area contributed by atoms with Gasteiger partial charge in [-0.15, -0.1) is 10.6 Å². The summed E-state index contributed by atoms with van der Waals surface area (Å²) in [6.45, 7) is 5.91. The first-order valence-electron chi connectivity index (χ1n) is 11.5. The zero-order chi connectivity index (χ0) is 24.7. The van der Waals surface area contributed by atoms with Gasteiger partial charge in [0, 0.05) is 5.56 Å². The van der Waals surface area contributed by atoms with Gasteiger partial charge in [-0.2, -0.15) is 5.12 Å². The number of nitrogens with one attached hydrogen (secondary N) is 1. The molecular formula is C28H30N4O3. The minimum atomic E-state index is -0.589. The van der Waals surface area contributed by atoms with Gasteiger partial charge in [-0.25, -0.2) is 5.01 Å². The Hall–Kier alpha value is -4.10. The monoisotopic (exact) mass is 470 g/mol. The number of hydrogen-bond donors (Lipinski definition) is 1. The predicted molar refractivity (Wildman–Crippen MR) is 138 cm³/mol. The van der Waals surface area contributed by atoms with E-state index in [0.29, 0.717) is 12.4 Å². The highest BCUT2D eigenvalue weighted by Crippen LogP contribution is 2.23. The highest BCUT2D eigenvalue weighted by Gasteiger charge is 2.27. The average Bonchev–Trinajstić information content (AvgIpc) is 3.29. The van der Waals surface area contributed by atoms with Crippen LogP contribution >= 0.6 is 0 Å². The van der Waals surface area contributed by atoms with Crippen LogP contribution in [0.4, 0.5) is 5.69 Å². The smallest absolute Gasteiger partial charge is 0.313 e. The van der Waals surface area contributed by atoms with Gasteiger partial charge in [0.15, 0.2) is 12.6 Å². The van der Waals surface area contributed by atoms with Crippen molar-refractivity contribution in [2.45, 2.75) is 27.4 Å². The summed E-state index contributed by atoms with van der Waals surface area (Å²) in [4.78, 5) is 12.2. The SMILES string of the molecule is CC(C)(C)C(=O)OCN1N=C(C=Cc2ccccc2OCc2ccccc2)N(c2ccccc2)N1. The van der Waals surface area contributed by atoms with Crippen LogP contribution < -0.4 is 15.3 Å². The van der Waals surface area contributed by atoms with Crippen LogP contribution in [0.5, 0.6) is 5.75 Å². The van der Waals surface area contributed by atoms with E-state index in [2.05, 4.69) is 10.6 Å². The molecule has 7 heteroatoms. The van der Waals surface area contributed by atoms with E-state index in [1.807, 2.05) is 123 Å². The molecule has 0 spiro atoms. The minimum absolute atomic E-state index is 0.0203. The second-order valence-electron chi connectivity index (χ2n) is 9.09. The molecule has 4 rings (SSSR count). The van der Waals surface area contributed by atoms with Crippen molar-refractivity contribution < 1.29 is 14.3 Å². The Kier molecular flexibility index (Phi) is 7.48. The Labute approximate surface area is 206 Å². The summed E-state index contributed by atoms with van der Waals surface area (Å²) >= 11 is 0. The lowest BCUT2D eigenvalue weighted by Gasteiger charge is -2.22. The van der Waals surface area contributed by atoms with Gasteiger partial charge in [0.2, 0.25) is 0 Å². The van der Waals surface area contributed by atoms with Crippen molar-refractivity contribution in [2.75, 3.05) is 11.7 Å². The molecule has 0 aromatic heterocycles. The zero-order valence-corrected chi connectivity index (χ0v) is 20.2. The topological polar surface area (TPSA) is 66.4 Å². The summed E-state index contributed by atoms with van der Waals surface area (Å²) in [7, 11) is 0. The number of amidine groups is 1. The van der Waals surface area contributed by atoms with Gasteiger partial charge < -0.3 is 9.47 Å². The van der Waals surface area contributed by atoms with Gasteiger partial charge in [-0.1, -0.05) is 66.7 Å². The van der Waals surface area contributed by atoms with E-state index < -0.39 is 5.41 Å². The summed E-state index contributed by atoms with van der Waals surface area (Å²) in [5, 5.41) is 7.92. The third kappa shape index (κ3) is 6.49. The molecule has 1 aliphatic heterocycles. The fourth-order valence-electron chi connectivity index (χ4n) is 3.28. The van der Waals surface area contributed by atoms with Crippen LogP contribution in [0.25, 0.3) is 6.08 Å². The van der Waals surface area contributed by atoms with Gasteiger partial charge in [0.1, 0.15) is 12.4 Å². The number of anilines is 1. The van der Waals surface area contributed by atoms with Crippen LogP contribution in [0.2, 0.25) is 0 Å². The number of carbonyl (C=O) groups excluding carboxylic acids is 1. The summed E-state index contributed by atoms with van der Waals surface area (Å²) in [5.74, 6) is 1.12. The van der Waals surface area contributed by atoms with E-state index in [9.17, 15) is 4.79 Å². The van der Waals surface area contributed by atoms with Crippen LogP contribution in [0.3, 0.4) is 0 Å². The number of nitrogens with zero attached hydrogens (tertiary/aromatic N) is 3. The molecule has 3 aromatic rings. The molecule has 7 nitrogen and oxygen atoms in total. The van der Waals surface area contributed by atoms with Crippen LogP contribution in [0, 0.1) is 5.41 Å². The van der Waals surface area contributed by atoms with E-state index in [1.54, 1.807) is 0 Å². The lowest BCUT2D eigenvalue weighted by molar-refractivity contribution is -0.159. The lowest BCUT2D eigenvalue weighted by Crippen LogP contribution is -2.44. The Morgan fingerprint density at radius 2 is 1.57 bits per heavy atom. The van der Waals surface area contributed by atoms with E-state index in [0.717, 1.165) is 22.6 Å². The zero-order valence-electron chi connectivity index (χ0n) is 20.2. The first-order chi connectivity index (χ1) is 16.9. The number of esters is 1. The Morgan fingerprint density at radius 1 is 0.914 bits per heavy atom. The van der Waals surface area contributed by atoms with Gasteiger partial charge in [0.05, 0.1) is 11.1 Å². The molecule has 0 fully saturated rings. The normalized spacial score (nSPS) is 13.7. The second kappa shape index (κ2) is 10.9. The Bertz CT molecular complexity index is 1190. The number of hydrazine groups is 2. The predicted octanol–water partition coefficient (Wildman–Crippen LogP) is 5.38. The maximum atomic E-state index is 12.2. The van der Waals surface area contributed by atoms with Crippen molar-refractivity contribution in [1.82, 2.24) is 10.7 Å². The minimum Gasteiger partial charge on any atom is -0.488 e. The van der Waals surface area contributed by atoms with Crippen LogP contribution in [-0.2, 0) is 16.1 Å². The molecule has 3 aromatic carbocycles. The quantitative estimate of drug-likeness (QED) is 0.446. The molecule has 0 unspecified atom stereocenters. The maximum Gasteiger partial charge on any atom is 0.313 e. The molecule has 35 heavy (non-hydrogen) atoms. The third-order valence-electron chi connectivity index (χ3n) is 5.18. The number of para-hydroxylation sites is 2. The Balaban J connectivity index is 1.51. The van der Waals surface area contributed by atoms with Crippen LogP contribution in [0.15, 0.2) is 96.1 Å². The molecule has 1 heterocycles. The first-order valence-corrected chi connectivity index (χ1v) is 11.5. The summed E-state index contributed by atoms with van der Waals surface area (Å²) in [6.07, 6.45) is 3.86. The van der Waals surface area contributed by atoms with Crippen LogP contribution in [-0.4, -0.2) is 23.7 Å². The van der Waals surface area contributed by atoms with Gasteiger partial charge >= 0.3 is 5.97 Å². The number of ether oxygens (including phenoxy) is 2. The molecule has 0 aliphatic carbocycles. The fourth-order valence-corrected chi connectivity index (χ4v) is 3.28. The number of benzene rings is 3. The number of rotatable bonds is 8. The third-order valence-corrected chi connectivity index (χ3v) is 5.18. The number of hydrazone groups is 1. The lowest BCUT2D eigenvalue weighted by atomic mass is 9.98. The highest BCUT2D eigenvalue weighted by atomic mass is 16.6. The molecular weight excluding hydrogens is 440 g/mol. The summed E-state index contributed by atoms with van der Waals surface area (Å²) in [5.41, 5.74) is 5.50. The van der Waals surface area contributed by atoms with Gasteiger partial charge in [0.25, 0.3) is 0 Å². The average molecular weight is 471 g/mol. The van der Waals surface area contributed by atoms with Gasteiger partial charge in [-0.3, -0.25) is 4.79 Å². The molecule has 1 N–H and O–H groups in total. The second-order valence-corrected chi connectivity index (χ2v) is 9.09. The summed E-state index contributed by atoms with van der Waals surface area (Å²) < 4.78 is 11.5. The van der Waals surface area contributed by atoms with Crippen LogP contribution in [0.1, 0.15) is 31.9 Å². The van der Waals surface area contributed by atoms with Crippen molar-refractivity contribution in [3.8, 4) is 5.75 Å². The molecule has 0 bridgehead atoms. The first kappa shape index (κ1) is 24.0. The molecule has 0 atom stereocenters. The molecule has 1 aliphatic rings. The largest absolute Gasteiger partial charge is 0.488 e. The van der Waals surface area contributed by atoms with Crippen molar-refractivity contribution in [3.63, 3.8) is 0 Å². The van der Waals surface area contributed by atoms with Crippen molar-refractivity contribution in [3.05, 3.63) is 102 Å². The van der Waals surface area contributed by atoms with Crippen molar-refractivity contribution >= 4 is 23.6 Å². The fraction of sp³-hybridized carbons (Fsp3) is 0.214. The standard InChI is InChI=1S/C28H30N4O3/c1-28(2,3)27(33)35-21-31-29-26(32(30-31)24-15-8-5-9-16-24)19-18-23-14-10-11-17-25(23)34-20-22-12-6-4-7-13-22/h4-19,30H,20-21H2,1-3H3. The number of hydrogen-bond acceptors (Lipinski definition) is 7. The Morgan fingerprint density at radius 3 is 2.29 bits per heavy atom. The number of carbonyl (C=O) groups is 1. The van der Waals surface area contributed by atoms with E-state index in [-0.39, 0.29) is 12.7 Å². The highest BCUT2D eigenvalue weighted by molar-refractivity contribution is 6.08. The summed E-state index contributed by atoms with van der Waals surface area (Å²) in [6, 6.07) is 27.7. The molecule has 180 valence electrons. The molecule has 0 amide bonds. The van der Waals surface area contributed by atoms with Crippen molar-refractivity contribution in [1.29, 1.82) is 0 Å².